The van der Waals surface area contributed by atoms with Crippen LogP contribution in [0.5, 0.6) is 0 Å². The van der Waals surface area contributed by atoms with Crippen molar-refractivity contribution in [3.63, 3.8) is 0 Å². The molecule has 0 spiro atoms. The number of pyridine rings is 1. The Labute approximate surface area is 106 Å². The lowest BCUT2D eigenvalue weighted by Gasteiger charge is -2.18. The van der Waals surface area contributed by atoms with Crippen LogP contribution in [-0.4, -0.2) is 28.2 Å². The Hall–Kier alpha value is -1.75. The van der Waals surface area contributed by atoms with E-state index in [0.717, 1.165) is 43.0 Å². The SMILES string of the molecule is Cc1cccnc1-c1nc(C2CCNCC2)no1. The van der Waals surface area contributed by atoms with Gasteiger partial charge in [-0.2, -0.15) is 4.98 Å². The van der Waals surface area contributed by atoms with Gasteiger partial charge < -0.3 is 9.84 Å². The van der Waals surface area contributed by atoms with E-state index in [1.54, 1.807) is 6.20 Å². The van der Waals surface area contributed by atoms with Crippen molar-refractivity contribution in [2.24, 2.45) is 0 Å². The number of hydrogen-bond donors (Lipinski definition) is 1. The third-order valence-electron chi connectivity index (χ3n) is 3.36. The molecular weight excluding hydrogens is 228 g/mol. The molecule has 18 heavy (non-hydrogen) atoms. The van der Waals surface area contributed by atoms with Crippen molar-refractivity contribution < 1.29 is 4.52 Å². The fourth-order valence-electron chi connectivity index (χ4n) is 2.29. The second kappa shape index (κ2) is 4.86. The van der Waals surface area contributed by atoms with Crippen LogP contribution in [0, 0.1) is 6.92 Å². The third-order valence-corrected chi connectivity index (χ3v) is 3.36. The minimum atomic E-state index is 0.410. The molecule has 0 aliphatic carbocycles. The maximum Gasteiger partial charge on any atom is 0.276 e. The topological polar surface area (TPSA) is 63.8 Å². The molecule has 5 heteroatoms. The molecule has 0 atom stereocenters. The van der Waals surface area contributed by atoms with E-state index < -0.39 is 0 Å². The van der Waals surface area contributed by atoms with Gasteiger partial charge in [0.25, 0.3) is 5.89 Å². The Morgan fingerprint density at radius 2 is 2.17 bits per heavy atom. The number of nitrogens with zero attached hydrogens (tertiary/aromatic N) is 3. The summed E-state index contributed by atoms with van der Waals surface area (Å²) in [6.45, 7) is 4.05. The first kappa shape index (κ1) is 11.3. The lowest BCUT2D eigenvalue weighted by molar-refractivity contribution is 0.391. The van der Waals surface area contributed by atoms with E-state index in [1.165, 1.54) is 0 Å². The zero-order valence-electron chi connectivity index (χ0n) is 10.4. The van der Waals surface area contributed by atoms with Crippen LogP contribution in [0.1, 0.15) is 30.1 Å². The third kappa shape index (κ3) is 2.13. The van der Waals surface area contributed by atoms with E-state index in [2.05, 4.69) is 20.4 Å². The first-order valence-electron chi connectivity index (χ1n) is 6.31. The van der Waals surface area contributed by atoms with Crippen LogP contribution in [0.25, 0.3) is 11.6 Å². The van der Waals surface area contributed by atoms with Gasteiger partial charge in [-0.3, -0.25) is 4.98 Å². The average Bonchev–Trinajstić information content (AvgIpc) is 2.90. The zero-order chi connectivity index (χ0) is 12.4. The van der Waals surface area contributed by atoms with Gasteiger partial charge in [0, 0.05) is 12.1 Å². The molecule has 0 aromatic carbocycles. The van der Waals surface area contributed by atoms with Gasteiger partial charge in [0.1, 0.15) is 5.69 Å². The fraction of sp³-hybridized carbons (Fsp3) is 0.462. The van der Waals surface area contributed by atoms with Crippen LogP contribution in [0.3, 0.4) is 0 Å². The van der Waals surface area contributed by atoms with Gasteiger partial charge in [0.2, 0.25) is 0 Å². The Morgan fingerprint density at radius 1 is 1.33 bits per heavy atom. The molecule has 1 fully saturated rings. The monoisotopic (exact) mass is 244 g/mol. The molecule has 0 unspecified atom stereocenters. The highest BCUT2D eigenvalue weighted by atomic mass is 16.5. The second-order valence-corrected chi connectivity index (χ2v) is 4.65. The molecule has 1 saturated heterocycles. The van der Waals surface area contributed by atoms with Crippen molar-refractivity contribution in [1.29, 1.82) is 0 Å². The van der Waals surface area contributed by atoms with Crippen LogP contribution in [-0.2, 0) is 0 Å². The summed E-state index contributed by atoms with van der Waals surface area (Å²) >= 11 is 0. The van der Waals surface area contributed by atoms with Gasteiger partial charge in [-0.1, -0.05) is 11.2 Å². The summed E-state index contributed by atoms with van der Waals surface area (Å²) in [5.74, 6) is 1.76. The molecule has 3 heterocycles. The smallest absolute Gasteiger partial charge is 0.276 e. The lowest BCUT2D eigenvalue weighted by atomic mass is 9.98. The standard InChI is InChI=1S/C13H16N4O/c1-9-3-2-6-15-11(9)13-16-12(17-18-13)10-4-7-14-8-5-10/h2-3,6,10,14H,4-5,7-8H2,1H3. The highest BCUT2D eigenvalue weighted by Gasteiger charge is 2.21. The number of nitrogens with one attached hydrogen (secondary N) is 1. The van der Waals surface area contributed by atoms with Crippen LogP contribution in [0.15, 0.2) is 22.9 Å². The van der Waals surface area contributed by atoms with Crippen LogP contribution in [0.4, 0.5) is 0 Å². The van der Waals surface area contributed by atoms with Crippen molar-refractivity contribution >= 4 is 0 Å². The molecule has 1 N–H and O–H groups in total. The molecule has 5 nitrogen and oxygen atoms in total. The maximum atomic E-state index is 5.34. The molecule has 2 aromatic heterocycles. The molecule has 0 radical (unpaired) electrons. The minimum absolute atomic E-state index is 0.410. The number of aryl methyl sites for hydroxylation is 1. The van der Waals surface area contributed by atoms with Gasteiger partial charge in [0.15, 0.2) is 5.82 Å². The first-order valence-corrected chi connectivity index (χ1v) is 6.31. The fourth-order valence-corrected chi connectivity index (χ4v) is 2.29. The van der Waals surface area contributed by atoms with E-state index in [4.69, 9.17) is 4.52 Å². The quantitative estimate of drug-likeness (QED) is 0.874. The molecule has 3 rings (SSSR count). The van der Waals surface area contributed by atoms with E-state index in [0.29, 0.717) is 11.8 Å². The van der Waals surface area contributed by atoms with Crippen molar-refractivity contribution in [1.82, 2.24) is 20.4 Å². The van der Waals surface area contributed by atoms with Crippen molar-refractivity contribution in [3.8, 4) is 11.6 Å². The van der Waals surface area contributed by atoms with E-state index in [9.17, 15) is 0 Å². The van der Waals surface area contributed by atoms with Gasteiger partial charge in [-0.15, -0.1) is 0 Å². The maximum absolute atomic E-state index is 5.34. The van der Waals surface area contributed by atoms with Gasteiger partial charge in [0.05, 0.1) is 0 Å². The second-order valence-electron chi connectivity index (χ2n) is 4.65. The first-order chi connectivity index (χ1) is 8.84. The van der Waals surface area contributed by atoms with Crippen molar-refractivity contribution in [3.05, 3.63) is 29.7 Å². The minimum Gasteiger partial charge on any atom is -0.332 e. The van der Waals surface area contributed by atoms with Crippen molar-refractivity contribution in [2.75, 3.05) is 13.1 Å². The molecular formula is C13H16N4O. The summed E-state index contributed by atoms with van der Waals surface area (Å²) in [6, 6.07) is 3.90. The molecule has 1 aliphatic heterocycles. The molecule has 0 amide bonds. The Morgan fingerprint density at radius 3 is 2.94 bits per heavy atom. The highest BCUT2D eigenvalue weighted by Crippen LogP contribution is 2.25. The van der Waals surface area contributed by atoms with Gasteiger partial charge in [-0.05, 0) is 44.5 Å². The molecule has 94 valence electrons. The Kier molecular flexibility index (Phi) is 3.06. The predicted octanol–water partition coefficient (Wildman–Crippen LogP) is 1.91. The number of aromatic nitrogens is 3. The number of rotatable bonds is 2. The summed E-state index contributed by atoms with van der Waals surface area (Å²) in [7, 11) is 0. The molecule has 2 aromatic rings. The van der Waals surface area contributed by atoms with Crippen LogP contribution >= 0.6 is 0 Å². The lowest BCUT2D eigenvalue weighted by Crippen LogP contribution is -2.27. The summed E-state index contributed by atoms with van der Waals surface area (Å²) in [4.78, 5) is 8.80. The van der Waals surface area contributed by atoms with Crippen LogP contribution < -0.4 is 5.32 Å². The van der Waals surface area contributed by atoms with Crippen molar-refractivity contribution in [2.45, 2.75) is 25.7 Å². The Balaban J connectivity index is 1.87. The molecule has 0 bridgehead atoms. The van der Waals surface area contributed by atoms with Gasteiger partial charge >= 0.3 is 0 Å². The predicted molar refractivity (Wildman–Crippen MR) is 67.1 cm³/mol. The van der Waals surface area contributed by atoms with Gasteiger partial charge in [-0.25, -0.2) is 0 Å². The summed E-state index contributed by atoms with van der Waals surface area (Å²) in [6.07, 6.45) is 3.89. The van der Waals surface area contributed by atoms with Crippen LogP contribution in [0.2, 0.25) is 0 Å². The van der Waals surface area contributed by atoms with E-state index in [1.807, 2.05) is 19.1 Å². The average molecular weight is 244 g/mol. The zero-order valence-corrected chi connectivity index (χ0v) is 10.4. The normalized spacial score (nSPS) is 16.9. The Bertz CT molecular complexity index is 531. The highest BCUT2D eigenvalue weighted by molar-refractivity contribution is 5.51. The summed E-state index contributed by atoms with van der Waals surface area (Å²) in [5.41, 5.74) is 1.84. The van der Waals surface area contributed by atoms with E-state index >= 15 is 0 Å². The number of hydrogen-bond acceptors (Lipinski definition) is 5. The van der Waals surface area contributed by atoms with E-state index in [-0.39, 0.29) is 0 Å². The molecule has 1 aliphatic rings. The largest absolute Gasteiger partial charge is 0.332 e. The summed E-state index contributed by atoms with van der Waals surface area (Å²) < 4.78 is 5.34. The summed E-state index contributed by atoms with van der Waals surface area (Å²) in [5, 5.41) is 7.44. The molecule has 0 saturated carbocycles. The number of piperidine rings is 1.